The maximum absolute atomic E-state index is 14.9. The summed E-state index contributed by atoms with van der Waals surface area (Å²) in [4.78, 5) is 15.5. The number of piperidine rings is 1. The van der Waals surface area contributed by atoms with Crippen LogP contribution in [0.3, 0.4) is 0 Å². The van der Waals surface area contributed by atoms with E-state index in [0.29, 0.717) is 53.6 Å². The van der Waals surface area contributed by atoms with Crippen LogP contribution in [0.5, 0.6) is 0 Å². The third kappa shape index (κ3) is 7.60. The molecular weight excluding hydrogens is 521 g/mol. The number of ether oxygens (including phenoxy) is 1. The monoisotopic (exact) mass is 558 g/mol. The van der Waals surface area contributed by atoms with E-state index >= 15 is 0 Å². The number of amides is 1. The largest absolute Gasteiger partial charge is 0.380 e. The normalized spacial score (nSPS) is 19.9. The van der Waals surface area contributed by atoms with Gasteiger partial charge < -0.3 is 15.4 Å². The quantitative estimate of drug-likeness (QED) is 0.296. The Morgan fingerprint density at radius 3 is 2.58 bits per heavy atom. The van der Waals surface area contributed by atoms with Gasteiger partial charge in [-0.2, -0.15) is 9.49 Å². The fraction of sp³-hybridized carbons (Fsp3) is 0.483. The van der Waals surface area contributed by atoms with Crippen molar-refractivity contribution in [3.8, 4) is 16.8 Å². The lowest BCUT2D eigenvalue weighted by molar-refractivity contribution is -0.109. The van der Waals surface area contributed by atoms with E-state index < -0.39 is 12.1 Å². The Morgan fingerprint density at radius 1 is 1.15 bits per heavy atom. The van der Waals surface area contributed by atoms with Crippen LogP contribution in [0, 0.1) is 25.6 Å². The minimum atomic E-state index is -1.07. The number of halogens is 3. The summed E-state index contributed by atoms with van der Waals surface area (Å²) >= 11 is 0. The molecule has 216 valence electrons. The van der Waals surface area contributed by atoms with Gasteiger partial charge in [0.05, 0.1) is 35.9 Å². The van der Waals surface area contributed by atoms with Crippen LogP contribution < -0.4 is 10.6 Å². The lowest BCUT2D eigenvalue weighted by Crippen LogP contribution is -2.49. The van der Waals surface area contributed by atoms with Gasteiger partial charge in [-0.15, -0.1) is 0 Å². The number of anilines is 1. The number of pyridine rings is 1. The Hall–Kier alpha value is -3.44. The highest BCUT2D eigenvalue weighted by molar-refractivity contribution is 5.67. The molecule has 1 saturated heterocycles. The van der Waals surface area contributed by atoms with E-state index in [1.807, 2.05) is 6.92 Å². The Labute approximate surface area is 232 Å². The molecule has 3 atom stereocenters. The zero-order valence-corrected chi connectivity index (χ0v) is 23.3. The fourth-order valence-electron chi connectivity index (χ4n) is 4.63. The lowest BCUT2D eigenvalue weighted by atomic mass is 10.0. The minimum Gasteiger partial charge on any atom is -0.380 e. The molecule has 11 heteroatoms. The molecule has 1 amide bonds. The summed E-state index contributed by atoms with van der Waals surface area (Å²) in [6.45, 7) is 7.18. The average Bonchev–Trinajstić information content (AvgIpc) is 3.62. The van der Waals surface area contributed by atoms with Crippen molar-refractivity contribution in [3.63, 3.8) is 0 Å². The standard InChI is InChI=1S/C25H30F3N5O.C4H7NO/c1-15-8-24(16(2)7-21(15)26)33-13-18(10-30-33)20-9-19(11-29-25(20)28)31-23-5-6-32(14-22(23)27)12-17(3)34-4;6-3-5-4-1-2-4/h7-11,13,17,22-23,31H,5-6,12,14H2,1-4H3;3-4H,1-2H2,(H,5,6). The highest BCUT2D eigenvalue weighted by Crippen LogP contribution is 2.28. The molecule has 0 spiro atoms. The van der Waals surface area contributed by atoms with Crippen molar-refractivity contribution in [1.82, 2.24) is 25.0 Å². The van der Waals surface area contributed by atoms with Crippen LogP contribution in [-0.2, 0) is 9.53 Å². The summed E-state index contributed by atoms with van der Waals surface area (Å²) in [6, 6.07) is 4.92. The first-order valence-electron chi connectivity index (χ1n) is 13.5. The molecule has 3 aromatic rings. The number of nitrogens with one attached hydrogen (secondary N) is 2. The van der Waals surface area contributed by atoms with Gasteiger partial charge in [-0.3, -0.25) is 9.69 Å². The van der Waals surface area contributed by atoms with E-state index in [-0.39, 0.29) is 23.5 Å². The zero-order valence-electron chi connectivity index (χ0n) is 23.3. The van der Waals surface area contributed by atoms with E-state index in [1.54, 1.807) is 44.0 Å². The van der Waals surface area contributed by atoms with Crippen LogP contribution in [0.25, 0.3) is 16.8 Å². The molecule has 0 bridgehead atoms. The highest BCUT2D eigenvalue weighted by atomic mass is 19.1. The van der Waals surface area contributed by atoms with Crippen LogP contribution >= 0.6 is 0 Å². The highest BCUT2D eigenvalue weighted by Gasteiger charge is 2.30. The van der Waals surface area contributed by atoms with Crippen LogP contribution in [0.1, 0.15) is 37.3 Å². The number of hydrogen-bond acceptors (Lipinski definition) is 6. The van der Waals surface area contributed by atoms with Gasteiger partial charge in [0.15, 0.2) is 0 Å². The summed E-state index contributed by atoms with van der Waals surface area (Å²) in [5.41, 5.74) is 3.25. The minimum absolute atomic E-state index is 0.0455. The fourth-order valence-corrected chi connectivity index (χ4v) is 4.63. The topological polar surface area (TPSA) is 84.3 Å². The molecule has 1 aliphatic carbocycles. The van der Waals surface area contributed by atoms with Crippen LogP contribution in [0.15, 0.2) is 36.8 Å². The first-order chi connectivity index (χ1) is 19.2. The van der Waals surface area contributed by atoms with Crippen LogP contribution in [0.2, 0.25) is 0 Å². The SMILES string of the molecule is COC(C)CN1CCC(Nc2cnc(F)c(-c3cnn(-c4cc(C)c(F)cc4C)c3)c2)C(F)C1.O=CNC1CC1. The Kier molecular flexibility index (Phi) is 9.80. The number of carbonyl (C=O) groups is 1. The summed E-state index contributed by atoms with van der Waals surface area (Å²) in [7, 11) is 1.65. The van der Waals surface area contributed by atoms with Gasteiger partial charge >= 0.3 is 0 Å². The second kappa shape index (κ2) is 13.3. The third-order valence-corrected chi connectivity index (χ3v) is 7.23. The van der Waals surface area contributed by atoms with Gasteiger partial charge in [-0.05, 0) is 69.4 Å². The van der Waals surface area contributed by atoms with E-state index in [0.717, 1.165) is 13.0 Å². The van der Waals surface area contributed by atoms with Crippen molar-refractivity contribution in [2.45, 2.75) is 64.4 Å². The molecule has 2 N–H and O–H groups in total. The molecule has 0 radical (unpaired) electrons. The first-order valence-corrected chi connectivity index (χ1v) is 13.5. The molecule has 2 aromatic heterocycles. The Bertz CT molecular complexity index is 1300. The van der Waals surface area contributed by atoms with Crippen molar-refractivity contribution in [2.75, 3.05) is 32.1 Å². The number of methoxy groups -OCH3 is 1. The average molecular weight is 559 g/mol. The maximum atomic E-state index is 14.9. The van der Waals surface area contributed by atoms with Crippen molar-refractivity contribution in [3.05, 3.63) is 59.7 Å². The number of benzene rings is 1. The number of carbonyl (C=O) groups excluding carboxylic acids is 1. The predicted octanol–water partition coefficient (Wildman–Crippen LogP) is 4.58. The molecule has 3 unspecified atom stereocenters. The molecule has 8 nitrogen and oxygen atoms in total. The van der Waals surface area contributed by atoms with E-state index in [1.165, 1.54) is 31.3 Å². The van der Waals surface area contributed by atoms with Gasteiger partial charge in [0.1, 0.15) is 12.0 Å². The summed E-state index contributed by atoms with van der Waals surface area (Å²) in [5, 5.41) is 10.2. The first kappa shape index (κ1) is 29.5. The van der Waals surface area contributed by atoms with Gasteiger partial charge in [0, 0.05) is 50.1 Å². The van der Waals surface area contributed by atoms with E-state index in [9.17, 15) is 18.0 Å². The second-order valence-electron chi connectivity index (χ2n) is 10.5. The van der Waals surface area contributed by atoms with E-state index in [4.69, 9.17) is 4.74 Å². The van der Waals surface area contributed by atoms with Crippen molar-refractivity contribution < 1.29 is 22.7 Å². The molecule has 40 heavy (non-hydrogen) atoms. The molecule has 2 aliphatic rings. The van der Waals surface area contributed by atoms with E-state index in [2.05, 4.69) is 25.6 Å². The van der Waals surface area contributed by atoms with Gasteiger partial charge in [-0.1, -0.05) is 0 Å². The number of aromatic nitrogens is 3. The molecule has 3 heterocycles. The van der Waals surface area contributed by atoms with Gasteiger partial charge in [0.25, 0.3) is 0 Å². The molecule has 2 fully saturated rings. The summed E-state index contributed by atoms with van der Waals surface area (Å²) in [5.74, 6) is -0.926. The number of aryl methyl sites for hydroxylation is 2. The lowest BCUT2D eigenvalue weighted by Gasteiger charge is -2.36. The molecular formula is C29H37F3N6O2. The van der Waals surface area contributed by atoms with Crippen molar-refractivity contribution in [2.24, 2.45) is 0 Å². The third-order valence-electron chi connectivity index (χ3n) is 7.23. The zero-order chi connectivity index (χ0) is 28.8. The maximum Gasteiger partial charge on any atom is 0.220 e. The molecule has 5 rings (SSSR count). The molecule has 1 aromatic carbocycles. The molecule has 1 saturated carbocycles. The molecule has 1 aliphatic heterocycles. The second-order valence-corrected chi connectivity index (χ2v) is 10.5. The Balaban J connectivity index is 0.000000546. The summed E-state index contributed by atoms with van der Waals surface area (Å²) < 4.78 is 50.2. The van der Waals surface area contributed by atoms with Crippen LogP contribution in [0.4, 0.5) is 18.9 Å². The van der Waals surface area contributed by atoms with Crippen molar-refractivity contribution in [1.29, 1.82) is 0 Å². The van der Waals surface area contributed by atoms with Crippen molar-refractivity contribution >= 4 is 12.1 Å². The van der Waals surface area contributed by atoms with Gasteiger partial charge in [-0.25, -0.2) is 18.4 Å². The number of hydrogen-bond donors (Lipinski definition) is 2. The predicted molar refractivity (Wildman–Crippen MR) is 148 cm³/mol. The number of rotatable bonds is 9. The van der Waals surface area contributed by atoms with Crippen LogP contribution in [-0.4, -0.2) is 77.2 Å². The smallest absolute Gasteiger partial charge is 0.220 e. The number of nitrogens with zero attached hydrogens (tertiary/aromatic N) is 4. The summed E-state index contributed by atoms with van der Waals surface area (Å²) in [6.07, 6.45) is 7.30. The Morgan fingerprint density at radius 2 is 1.93 bits per heavy atom. The number of likely N-dealkylation sites (tertiary alicyclic amines) is 1. The number of alkyl halides is 1. The van der Waals surface area contributed by atoms with Gasteiger partial charge in [0.2, 0.25) is 12.4 Å².